The normalized spacial score (nSPS) is 17.3. The van der Waals surface area contributed by atoms with Gasteiger partial charge in [0.2, 0.25) is 10.0 Å². The van der Waals surface area contributed by atoms with Gasteiger partial charge in [0.05, 0.1) is 23.5 Å². The van der Waals surface area contributed by atoms with Gasteiger partial charge < -0.3 is 5.73 Å². The summed E-state index contributed by atoms with van der Waals surface area (Å²) in [6.45, 7) is 0.708. The minimum atomic E-state index is -3.21. The van der Waals surface area contributed by atoms with Gasteiger partial charge in [0.25, 0.3) is 0 Å². The zero-order valence-electron chi connectivity index (χ0n) is 9.69. The molecule has 2 N–H and O–H groups in total. The van der Waals surface area contributed by atoms with Crippen LogP contribution in [0.15, 0.2) is 18.2 Å². The van der Waals surface area contributed by atoms with E-state index in [0.29, 0.717) is 29.2 Å². The van der Waals surface area contributed by atoms with Gasteiger partial charge >= 0.3 is 0 Å². The Bertz CT molecular complexity index is 617. The first-order chi connectivity index (χ1) is 8.54. The number of sulfonamides is 1. The number of hydrogen-bond donors (Lipinski definition) is 1. The second kappa shape index (κ2) is 5.19. The fraction of sp³-hybridized carbons (Fsp3) is 0.333. The molecular weight excluding hydrogens is 272 g/mol. The van der Waals surface area contributed by atoms with Crippen LogP contribution in [0.2, 0.25) is 5.02 Å². The van der Waals surface area contributed by atoms with Crippen LogP contribution in [-0.2, 0) is 10.0 Å². The van der Waals surface area contributed by atoms with Gasteiger partial charge in [-0.25, -0.2) is 8.42 Å². The highest BCUT2D eigenvalue weighted by molar-refractivity contribution is 7.93. The van der Waals surface area contributed by atoms with Gasteiger partial charge in [0.1, 0.15) is 0 Å². The van der Waals surface area contributed by atoms with Crippen molar-refractivity contribution in [1.82, 2.24) is 0 Å². The smallest absolute Gasteiger partial charge is 0.235 e. The fourth-order valence-corrected chi connectivity index (χ4v) is 3.63. The van der Waals surface area contributed by atoms with E-state index in [1.807, 2.05) is 0 Å². The Morgan fingerprint density at radius 3 is 2.83 bits per heavy atom. The van der Waals surface area contributed by atoms with Crippen molar-refractivity contribution in [2.45, 2.75) is 6.42 Å². The molecule has 0 amide bonds. The Morgan fingerprint density at radius 2 is 2.22 bits per heavy atom. The van der Waals surface area contributed by atoms with E-state index in [1.165, 1.54) is 4.31 Å². The molecule has 4 nitrogen and oxygen atoms in total. The molecule has 2 rings (SSSR count). The van der Waals surface area contributed by atoms with Crippen molar-refractivity contribution in [2.75, 3.05) is 23.1 Å². The summed E-state index contributed by atoms with van der Waals surface area (Å²) in [5.41, 5.74) is 6.51. The summed E-state index contributed by atoms with van der Waals surface area (Å²) in [7, 11) is -3.21. The van der Waals surface area contributed by atoms with E-state index in [0.717, 1.165) is 0 Å². The molecule has 1 heterocycles. The lowest BCUT2D eigenvalue weighted by Gasteiger charge is -2.18. The lowest BCUT2D eigenvalue weighted by atomic mass is 10.1. The van der Waals surface area contributed by atoms with Crippen LogP contribution in [-0.4, -0.2) is 27.3 Å². The molecular formula is C12H13ClN2O2S. The lowest BCUT2D eigenvalue weighted by molar-refractivity contribution is 0.599. The zero-order chi connectivity index (χ0) is 13.2. The van der Waals surface area contributed by atoms with E-state index in [-0.39, 0.29) is 12.3 Å². The Hall–Kier alpha value is -1.22. The third-order valence-corrected chi connectivity index (χ3v) is 4.74. The first-order valence-electron chi connectivity index (χ1n) is 5.53. The fourth-order valence-electron chi connectivity index (χ4n) is 1.88. The van der Waals surface area contributed by atoms with Gasteiger partial charge in [0, 0.05) is 11.6 Å². The number of rotatable bonds is 1. The molecule has 1 saturated heterocycles. The van der Waals surface area contributed by atoms with Gasteiger partial charge in [-0.3, -0.25) is 4.31 Å². The van der Waals surface area contributed by atoms with Crippen LogP contribution in [0.4, 0.5) is 5.69 Å². The second-order valence-corrected chi connectivity index (χ2v) is 6.36. The summed E-state index contributed by atoms with van der Waals surface area (Å²) < 4.78 is 25.2. The van der Waals surface area contributed by atoms with Gasteiger partial charge in [-0.05, 0) is 24.6 Å². The first kappa shape index (κ1) is 13.2. The van der Waals surface area contributed by atoms with Crippen LogP contribution < -0.4 is 10.0 Å². The molecule has 0 saturated carbocycles. The minimum absolute atomic E-state index is 0.180. The third kappa shape index (κ3) is 2.61. The van der Waals surface area contributed by atoms with Crippen molar-refractivity contribution in [2.24, 2.45) is 5.73 Å². The summed E-state index contributed by atoms with van der Waals surface area (Å²) in [5, 5.41) is 0.525. The molecule has 0 bridgehead atoms. The first-order valence-corrected chi connectivity index (χ1v) is 7.52. The number of halogens is 1. The maximum atomic E-state index is 11.9. The molecule has 0 unspecified atom stereocenters. The topological polar surface area (TPSA) is 63.4 Å². The van der Waals surface area contributed by atoms with Gasteiger partial charge in [0.15, 0.2) is 0 Å². The largest absolute Gasteiger partial charge is 0.320 e. The molecule has 6 heteroatoms. The highest BCUT2D eigenvalue weighted by Crippen LogP contribution is 2.29. The Morgan fingerprint density at radius 1 is 1.44 bits per heavy atom. The maximum absolute atomic E-state index is 11.9. The van der Waals surface area contributed by atoms with Crippen molar-refractivity contribution < 1.29 is 8.42 Å². The predicted octanol–water partition coefficient (Wildman–Crippen LogP) is 1.19. The van der Waals surface area contributed by atoms with Crippen LogP contribution >= 0.6 is 11.6 Å². The quantitative estimate of drug-likeness (QED) is 0.788. The molecule has 0 aliphatic carbocycles. The Balaban J connectivity index is 2.50. The molecule has 1 fully saturated rings. The third-order valence-electron chi connectivity index (χ3n) is 2.65. The number of nitrogens with zero attached hydrogens (tertiary/aromatic N) is 1. The van der Waals surface area contributed by atoms with Crippen LogP contribution in [0.5, 0.6) is 0 Å². The summed E-state index contributed by atoms with van der Waals surface area (Å²) in [4.78, 5) is 0. The highest BCUT2D eigenvalue weighted by atomic mass is 35.5. The zero-order valence-corrected chi connectivity index (χ0v) is 11.3. The molecule has 1 aromatic rings. The van der Waals surface area contributed by atoms with Gasteiger partial charge in [-0.1, -0.05) is 23.4 Å². The number of nitrogens with two attached hydrogens (primary N) is 1. The molecule has 1 aliphatic heterocycles. The number of anilines is 1. The average molecular weight is 285 g/mol. The summed E-state index contributed by atoms with van der Waals surface area (Å²) >= 11 is 5.91. The van der Waals surface area contributed by atoms with E-state index in [9.17, 15) is 8.42 Å². The predicted molar refractivity (Wildman–Crippen MR) is 73.1 cm³/mol. The molecule has 0 atom stereocenters. The molecule has 1 aliphatic rings. The van der Waals surface area contributed by atoms with Crippen LogP contribution in [0.3, 0.4) is 0 Å². The van der Waals surface area contributed by atoms with Crippen molar-refractivity contribution in [1.29, 1.82) is 0 Å². The van der Waals surface area contributed by atoms with E-state index < -0.39 is 10.0 Å². The number of hydrogen-bond acceptors (Lipinski definition) is 3. The molecule has 0 aromatic heterocycles. The van der Waals surface area contributed by atoms with Crippen molar-refractivity contribution >= 4 is 27.3 Å². The summed E-state index contributed by atoms with van der Waals surface area (Å²) in [5.74, 6) is 5.76. The molecule has 1 aromatic carbocycles. The van der Waals surface area contributed by atoms with E-state index >= 15 is 0 Å². The molecule has 0 spiro atoms. The van der Waals surface area contributed by atoms with Gasteiger partial charge in [-0.15, -0.1) is 0 Å². The van der Waals surface area contributed by atoms with Crippen LogP contribution in [0, 0.1) is 11.8 Å². The maximum Gasteiger partial charge on any atom is 0.235 e. The van der Waals surface area contributed by atoms with Gasteiger partial charge in [-0.2, -0.15) is 0 Å². The van der Waals surface area contributed by atoms with Crippen molar-refractivity contribution in [3.05, 3.63) is 28.8 Å². The van der Waals surface area contributed by atoms with E-state index in [2.05, 4.69) is 11.8 Å². The van der Waals surface area contributed by atoms with Crippen LogP contribution in [0.25, 0.3) is 0 Å². The van der Waals surface area contributed by atoms with Crippen LogP contribution in [0.1, 0.15) is 12.0 Å². The number of benzene rings is 1. The molecule has 0 radical (unpaired) electrons. The highest BCUT2D eigenvalue weighted by Gasteiger charge is 2.29. The average Bonchev–Trinajstić information content (AvgIpc) is 2.66. The van der Waals surface area contributed by atoms with E-state index in [1.54, 1.807) is 18.2 Å². The standard InChI is InChI=1S/C12H13ClN2O2S/c13-11-4-5-12(10(9-11)3-1-6-14)15-7-2-8-18(15,16)17/h4-5,9H,2,6-8,14H2. The van der Waals surface area contributed by atoms with E-state index in [4.69, 9.17) is 17.3 Å². The van der Waals surface area contributed by atoms with Crippen molar-refractivity contribution in [3.63, 3.8) is 0 Å². The molecule has 96 valence electrons. The monoisotopic (exact) mass is 284 g/mol. The summed E-state index contributed by atoms with van der Waals surface area (Å²) in [6, 6.07) is 5.01. The SMILES string of the molecule is NCC#Cc1cc(Cl)ccc1N1CCCS1(=O)=O. The minimum Gasteiger partial charge on any atom is -0.320 e. The molecule has 18 heavy (non-hydrogen) atoms. The lowest BCUT2D eigenvalue weighted by Crippen LogP contribution is -2.25. The second-order valence-electron chi connectivity index (χ2n) is 3.91. The Kier molecular flexibility index (Phi) is 3.81. The van der Waals surface area contributed by atoms with Crippen molar-refractivity contribution in [3.8, 4) is 11.8 Å². The Labute approximate surface area is 112 Å². The summed E-state index contributed by atoms with van der Waals surface area (Å²) in [6.07, 6.45) is 0.634.